The van der Waals surface area contributed by atoms with Gasteiger partial charge in [0.1, 0.15) is 11.5 Å². The van der Waals surface area contributed by atoms with Crippen molar-refractivity contribution in [2.75, 3.05) is 31.6 Å². The topological polar surface area (TPSA) is 89.4 Å². The lowest BCUT2D eigenvalue weighted by Gasteiger charge is -2.37. The van der Waals surface area contributed by atoms with Gasteiger partial charge in [-0.05, 0) is 31.0 Å². The Hall–Kier alpha value is -2.74. The van der Waals surface area contributed by atoms with Gasteiger partial charge in [0, 0.05) is 51.2 Å². The van der Waals surface area contributed by atoms with Crippen LogP contribution in [0.1, 0.15) is 23.3 Å². The Morgan fingerprint density at radius 1 is 1.22 bits per heavy atom. The molecule has 2 saturated heterocycles. The zero-order valence-electron chi connectivity index (χ0n) is 15.3. The van der Waals surface area contributed by atoms with Crippen LogP contribution < -0.4 is 5.32 Å². The van der Waals surface area contributed by atoms with Crippen LogP contribution >= 0.6 is 0 Å². The predicted octanol–water partition coefficient (Wildman–Crippen LogP) is 1.32. The van der Waals surface area contributed by atoms with Gasteiger partial charge < -0.3 is 15.0 Å². The third kappa shape index (κ3) is 3.32. The summed E-state index contributed by atoms with van der Waals surface area (Å²) < 4.78 is 7.10. The van der Waals surface area contributed by atoms with Gasteiger partial charge in [0.05, 0.1) is 5.92 Å². The Morgan fingerprint density at radius 3 is 2.70 bits per heavy atom. The molecule has 0 aromatic carbocycles. The molecule has 0 saturated carbocycles. The summed E-state index contributed by atoms with van der Waals surface area (Å²) in [7, 11) is 1.75. The summed E-state index contributed by atoms with van der Waals surface area (Å²) in [6, 6.07) is 7.11. The number of hydrogen-bond donors (Lipinski definition) is 1. The summed E-state index contributed by atoms with van der Waals surface area (Å²) in [5, 5.41) is 7.00. The highest BCUT2D eigenvalue weighted by molar-refractivity contribution is 5.96. The molecule has 142 valence electrons. The van der Waals surface area contributed by atoms with Crippen LogP contribution in [0.5, 0.6) is 0 Å². The summed E-state index contributed by atoms with van der Waals surface area (Å²) >= 11 is 0. The molecule has 2 aliphatic heterocycles. The molecular formula is C19H23N5O3. The van der Waals surface area contributed by atoms with Crippen molar-refractivity contribution >= 4 is 17.6 Å². The summed E-state index contributed by atoms with van der Waals surface area (Å²) in [5.74, 6) is 0.0617. The van der Waals surface area contributed by atoms with Gasteiger partial charge in [-0.2, -0.15) is 5.10 Å². The van der Waals surface area contributed by atoms with Gasteiger partial charge in [0.15, 0.2) is 0 Å². The molecule has 1 unspecified atom stereocenters. The molecule has 8 nitrogen and oxygen atoms in total. The van der Waals surface area contributed by atoms with E-state index in [-0.39, 0.29) is 23.1 Å². The van der Waals surface area contributed by atoms with E-state index < -0.39 is 0 Å². The highest BCUT2D eigenvalue weighted by Gasteiger charge is 2.52. The van der Waals surface area contributed by atoms with Crippen LogP contribution in [0.15, 0.2) is 36.7 Å². The van der Waals surface area contributed by atoms with Crippen molar-refractivity contribution in [2.24, 2.45) is 18.4 Å². The first-order valence-corrected chi connectivity index (χ1v) is 9.16. The minimum Gasteiger partial charge on any atom is -0.381 e. The van der Waals surface area contributed by atoms with Crippen LogP contribution in [0.25, 0.3) is 0 Å². The largest absolute Gasteiger partial charge is 0.381 e. The van der Waals surface area contributed by atoms with Crippen molar-refractivity contribution in [3.05, 3.63) is 42.4 Å². The lowest BCUT2D eigenvalue weighted by atomic mass is 9.72. The van der Waals surface area contributed by atoms with Crippen molar-refractivity contribution in [1.82, 2.24) is 19.7 Å². The molecule has 1 N–H and O–H groups in total. The maximum atomic E-state index is 13.1. The van der Waals surface area contributed by atoms with Crippen LogP contribution in [0.2, 0.25) is 0 Å². The van der Waals surface area contributed by atoms with E-state index in [1.54, 1.807) is 47.2 Å². The Balaban J connectivity index is 1.57. The second-order valence-electron chi connectivity index (χ2n) is 7.26. The molecule has 0 radical (unpaired) electrons. The summed E-state index contributed by atoms with van der Waals surface area (Å²) in [6.45, 7) is 2.17. The molecule has 27 heavy (non-hydrogen) atoms. The molecule has 4 rings (SSSR count). The third-order valence-electron chi connectivity index (χ3n) is 5.70. The van der Waals surface area contributed by atoms with E-state index in [1.165, 1.54) is 0 Å². The fourth-order valence-corrected chi connectivity index (χ4v) is 4.16. The van der Waals surface area contributed by atoms with Crippen molar-refractivity contribution in [3.63, 3.8) is 0 Å². The van der Waals surface area contributed by atoms with E-state index in [2.05, 4.69) is 15.4 Å². The van der Waals surface area contributed by atoms with E-state index >= 15 is 0 Å². The SMILES string of the molecule is Cn1nccc1C(=O)N1CC(C(=O)Nc2ccccn2)C2(CCOCC2)C1. The number of ether oxygens (including phenoxy) is 1. The van der Waals surface area contributed by atoms with Crippen molar-refractivity contribution in [1.29, 1.82) is 0 Å². The molecule has 0 bridgehead atoms. The number of carbonyl (C=O) groups excluding carboxylic acids is 2. The lowest BCUT2D eigenvalue weighted by molar-refractivity contribution is -0.124. The van der Waals surface area contributed by atoms with Crippen LogP contribution in [0.3, 0.4) is 0 Å². The van der Waals surface area contributed by atoms with Gasteiger partial charge in [-0.1, -0.05) is 6.07 Å². The molecule has 8 heteroatoms. The standard InChI is InChI=1S/C19H23N5O3/c1-23-15(5-9-21-23)18(26)24-12-14(19(13-24)6-10-27-11-7-19)17(25)22-16-4-2-3-8-20-16/h2-5,8-9,14H,6-7,10-13H2,1H3,(H,20,22,25). The quantitative estimate of drug-likeness (QED) is 0.881. The molecular weight excluding hydrogens is 346 g/mol. The molecule has 2 fully saturated rings. The van der Waals surface area contributed by atoms with Crippen molar-refractivity contribution in [3.8, 4) is 0 Å². The molecule has 1 atom stereocenters. The molecule has 2 aromatic rings. The Kier molecular flexibility index (Phi) is 4.65. The zero-order valence-corrected chi connectivity index (χ0v) is 15.3. The van der Waals surface area contributed by atoms with E-state index in [4.69, 9.17) is 4.74 Å². The van der Waals surface area contributed by atoms with Crippen molar-refractivity contribution < 1.29 is 14.3 Å². The fraction of sp³-hybridized carbons (Fsp3) is 0.474. The molecule has 2 amide bonds. The van der Waals surface area contributed by atoms with Crippen molar-refractivity contribution in [2.45, 2.75) is 12.8 Å². The number of nitrogens with one attached hydrogen (secondary N) is 1. The van der Waals surface area contributed by atoms with E-state index in [9.17, 15) is 9.59 Å². The van der Waals surface area contributed by atoms with E-state index in [0.29, 0.717) is 37.8 Å². The predicted molar refractivity (Wildman–Crippen MR) is 98.0 cm³/mol. The monoisotopic (exact) mass is 369 g/mol. The van der Waals surface area contributed by atoms with Gasteiger partial charge in [0.2, 0.25) is 5.91 Å². The number of amides is 2. The number of carbonyl (C=O) groups is 2. The molecule has 4 heterocycles. The molecule has 2 aliphatic rings. The number of aromatic nitrogens is 3. The number of likely N-dealkylation sites (tertiary alicyclic amines) is 1. The van der Waals surface area contributed by atoms with Gasteiger partial charge in [0.25, 0.3) is 5.91 Å². The number of aryl methyl sites for hydroxylation is 1. The van der Waals surface area contributed by atoms with Gasteiger partial charge in [-0.15, -0.1) is 0 Å². The minimum absolute atomic E-state index is 0.0871. The molecule has 1 spiro atoms. The van der Waals surface area contributed by atoms with Crippen LogP contribution in [0, 0.1) is 11.3 Å². The van der Waals surface area contributed by atoms with Crippen LogP contribution in [-0.2, 0) is 16.6 Å². The Labute approximate surface area is 157 Å². The number of nitrogens with zero attached hydrogens (tertiary/aromatic N) is 4. The lowest BCUT2D eigenvalue weighted by Crippen LogP contribution is -2.42. The molecule has 2 aromatic heterocycles. The Bertz CT molecular complexity index is 829. The summed E-state index contributed by atoms with van der Waals surface area (Å²) in [5.41, 5.74) is 0.272. The van der Waals surface area contributed by atoms with Crippen LogP contribution in [0.4, 0.5) is 5.82 Å². The second kappa shape index (κ2) is 7.11. The van der Waals surface area contributed by atoms with E-state index in [0.717, 1.165) is 12.8 Å². The number of rotatable bonds is 3. The highest BCUT2D eigenvalue weighted by atomic mass is 16.5. The normalized spacial score (nSPS) is 21.4. The Morgan fingerprint density at radius 2 is 2.04 bits per heavy atom. The van der Waals surface area contributed by atoms with Gasteiger partial charge >= 0.3 is 0 Å². The highest BCUT2D eigenvalue weighted by Crippen LogP contribution is 2.45. The smallest absolute Gasteiger partial charge is 0.272 e. The minimum atomic E-state index is -0.291. The van der Waals surface area contributed by atoms with E-state index in [1.807, 2.05) is 6.07 Å². The average Bonchev–Trinajstić information content (AvgIpc) is 3.27. The third-order valence-corrected chi connectivity index (χ3v) is 5.70. The zero-order chi connectivity index (χ0) is 18.9. The maximum Gasteiger partial charge on any atom is 0.272 e. The number of pyridine rings is 1. The second-order valence-corrected chi connectivity index (χ2v) is 7.26. The first-order chi connectivity index (χ1) is 13.1. The summed E-state index contributed by atoms with van der Waals surface area (Å²) in [4.78, 5) is 32.0. The first kappa shape index (κ1) is 17.7. The first-order valence-electron chi connectivity index (χ1n) is 9.16. The average molecular weight is 369 g/mol. The van der Waals surface area contributed by atoms with Gasteiger partial charge in [-0.25, -0.2) is 4.98 Å². The fourth-order valence-electron chi connectivity index (χ4n) is 4.16. The number of anilines is 1. The number of hydrogen-bond acceptors (Lipinski definition) is 5. The van der Waals surface area contributed by atoms with Crippen LogP contribution in [-0.4, -0.2) is 57.8 Å². The maximum absolute atomic E-state index is 13.1. The summed E-state index contributed by atoms with van der Waals surface area (Å²) in [6.07, 6.45) is 4.79. The van der Waals surface area contributed by atoms with Gasteiger partial charge in [-0.3, -0.25) is 14.3 Å². The molecule has 0 aliphatic carbocycles.